The fraction of sp³-hybridized carbons (Fsp3) is 0.526. The highest BCUT2D eigenvalue weighted by Crippen LogP contribution is 2.30. The van der Waals surface area contributed by atoms with E-state index >= 15 is 0 Å². The van der Waals surface area contributed by atoms with Crippen molar-refractivity contribution in [1.29, 1.82) is 5.26 Å². The first-order valence-corrected chi connectivity index (χ1v) is 8.95. The first kappa shape index (κ1) is 20.8. The van der Waals surface area contributed by atoms with Crippen LogP contribution in [0.4, 0.5) is 4.79 Å². The molecule has 7 nitrogen and oxygen atoms in total. The summed E-state index contributed by atoms with van der Waals surface area (Å²) in [5, 5.41) is 9.20. The van der Waals surface area contributed by atoms with Gasteiger partial charge < -0.3 is 14.2 Å². The van der Waals surface area contributed by atoms with Crippen LogP contribution in [0.5, 0.6) is 5.75 Å². The van der Waals surface area contributed by atoms with Gasteiger partial charge >= 0.3 is 12.1 Å². The first-order chi connectivity index (χ1) is 12.7. The van der Waals surface area contributed by atoms with Crippen LogP contribution in [0.2, 0.25) is 5.02 Å². The fourth-order valence-corrected chi connectivity index (χ4v) is 3.11. The summed E-state index contributed by atoms with van der Waals surface area (Å²) in [5.41, 5.74) is -0.267. The number of rotatable bonds is 4. The molecule has 0 aromatic heterocycles. The van der Waals surface area contributed by atoms with E-state index in [9.17, 15) is 9.59 Å². The highest BCUT2D eigenvalue weighted by Gasteiger charge is 2.43. The van der Waals surface area contributed by atoms with E-state index in [2.05, 4.69) is 0 Å². The van der Waals surface area contributed by atoms with E-state index < -0.39 is 23.7 Å². The third kappa shape index (κ3) is 5.27. The van der Waals surface area contributed by atoms with E-state index in [0.717, 1.165) is 0 Å². The van der Waals surface area contributed by atoms with Crippen LogP contribution in [-0.2, 0) is 14.3 Å². The molecule has 8 heteroatoms. The van der Waals surface area contributed by atoms with Crippen LogP contribution in [0, 0.1) is 11.3 Å². The number of carbonyl (C=O) groups excluding carboxylic acids is 2. The van der Waals surface area contributed by atoms with Gasteiger partial charge in [-0.25, -0.2) is 9.59 Å². The van der Waals surface area contributed by atoms with Gasteiger partial charge in [0.1, 0.15) is 24.0 Å². The highest BCUT2D eigenvalue weighted by atomic mass is 35.5. The van der Waals surface area contributed by atoms with Gasteiger partial charge in [-0.2, -0.15) is 5.26 Å². The topological polar surface area (TPSA) is 88.9 Å². The number of methoxy groups -OCH3 is 1. The van der Waals surface area contributed by atoms with Crippen LogP contribution in [-0.4, -0.2) is 48.4 Å². The molecule has 0 N–H and O–H groups in total. The van der Waals surface area contributed by atoms with E-state index in [4.69, 9.17) is 31.1 Å². The lowest BCUT2D eigenvalue weighted by Gasteiger charge is -2.31. The average molecular weight is 395 g/mol. The standard InChI is InChI=1S/C19H23ClN2O5/c1-19(2,3)27-18(24)22-13(6-7-15(22)17(23)25-4)11-26-16-8-5-12(10-21)9-14(16)20/h5,8-9,13,15H,6-7,11H2,1-4H3. The molecule has 2 rings (SSSR count). The number of hydrogen-bond donors (Lipinski definition) is 0. The molecule has 27 heavy (non-hydrogen) atoms. The van der Waals surface area contributed by atoms with Crippen molar-refractivity contribution < 1.29 is 23.8 Å². The number of nitrogens with zero attached hydrogens (tertiary/aromatic N) is 2. The second-order valence-corrected chi connectivity index (χ2v) is 7.63. The third-order valence-corrected chi connectivity index (χ3v) is 4.37. The van der Waals surface area contributed by atoms with Crippen LogP contribution in [0.25, 0.3) is 0 Å². The molecule has 146 valence electrons. The van der Waals surface area contributed by atoms with Gasteiger partial charge in [-0.05, 0) is 51.8 Å². The van der Waals surface area contributed by atoms with Crippen LogP contribution < -0.4 is 4.74 Å². The fourth-order valence-electron chi connectivity index (χ4n) is 2.88. The van der Waals surface area contributed by atoms with Gasteiger partial charge in [0.15, 0.2) is 0 Å². The molecule has 1 aromatic carbocycles. The Labute approximate surface area is 163 Å². The lowest BCUT2D eigenvalue weighted by molar-refractivity contribution is -0.146. The number of likely N-dealkylation sites (tertiary alicyclic amines) is 1. The highest BCUT2D eigenvalue weighted by molar-refractivity contribution is 6.32. The van der Waals surface area contributed by atoms with Crippen LogP contribution in [0.1, 0.15) is 39.2 Å². The second-order valence-electron chi connectivity index (χ2n) is 7.23. The lowest BCUT2D eigenvalue weighted by atomic mass is 10.2. The molecule has 0 radical (unpaired) electrons. The molecule has 1 aromatic rings. The number of hydrogen-bond acceptors (Lipinski definition) is 6. The van der Waals surface area contributed by atoms with Crippen LogP contribution in [0.3, 0.4) is 0 Å². The average Bonchev–Trinajstić information content (AvgIpc) is 3.02. The first-order valence-electron chi connectivity index (χ1n) is 8.58. The summed E-state index contributed by atoms with van der Waals surface area (Å²) in [6.45, 7) is 5.42. The molecule has 1 fully saturated rings. The summed E-state index contributed by atoms with van der Waals surface area (Å²) >= 11 is 6.13. The number of esters is 1. The quantitative estimate of drug-likeness (QED) is 0.726. The van der Waals surface area contributed by atoms with Crippen molar-refractivity contribution in [3.05, 3.63) is 28.8 Å². The van der Waals surface area contributed by atoms with E-state index in [-0.39, 0.29) is 12.6 Å². The van der Waals surface area contributed by atoms with Gasteiger partial charge in [0.05, 0.1) is 29.8 Å². The molecule has 0 saturated carbocycles. The number of nitriles is 1. The van der Waals surface area contributed by atoms with E-state index in [1.54, 1.807) is 32.9 Å². The van der Waals surface area contributed by atoms with Crippen molar-refractivity contribution in [1.82, 2.24) is 4.90 Å². The molecule has 0 spiro atoms. The number of halogens is 1. The number of benzene rings is 1. The molecule has 2 unspecified atom stereocenters. The summed E-state index contributed by atoms with van der Waals surface area (Å²) in [6, 6.07) is 5.63. The van der Waals surface area contributed by atoms with Crippen LogP contribution in [0.15, 0.2) is 18.2 Å². The molecule has 2 atom stereocenters. The normalized spacial score (nSPS) is 19.3. The van der Waals surface area contributed by atoms with Crippen molar-refractivity contribution in [3.63, 3.8) is 0 Å². The Hall–Kier alpha value is -2.46. The molecule has 1 amide bonds. The zero-order valence-corrected chi connectivity index (χ0v) is 16.6. The maximum Gasteiger partial charge on any atom is 0.411 e. The van der Waals surface area contributed by atoms with Gasteiger partial charge in [0.2, 0.25) is 0 Å². The van der Waals surface area contributed by atoms with Crippen LogP contribution >= 0.6 is 11.6 Å². The van der Waals surface area contributed by atoms with E-state index in [0.29, 0.717) is 29.2 Å². The van der Waals surface area contributed by atoms with E-state index in [1.165, 1.54) is 18.1 Å². The Bertz CT molecular complexity index is 753. The zero-order chi connectivity index (χ0) is 20.2. The van der Waals surface area contributed by atoms with E-state index in [1.807, 2.05) is 6.07 Å². The van der Waals surface area contributed by atoms with Gasteiger partial charge in [0.25, 0.3) is 0 Å². The SMILES string of the molecule is COC(=O)C1CCC(COc2ccc(C#N)cc2Cl)N1C(=O)OC(C)(C)C. The maximum atomic E-state index is 12.6. The summed E-state index contributed by atoms with van der Waals surface area (Å²) < 4.78 is 16.0. The summed E-state index contributed by atoms with van der Waals surface area (Å²) in [6.07, 6.45) is 0.434. The molecular formula is C19H23ClN2O5. The predicted octanol–water partition coefficient (Wildman–Crippen LogP) is 3.53. The minimum Gasteiger partial charge on any atom is -0.490 e. The number of carbonyl (C=O) groups is 2. The molecule has 0 bridgehead atoms. The largest absolute Gasteiger partial charge is 0.490 e. The van der Waals surface area contributed by atoms with Gasteiger partial charge in [-0.3, -0.25) is 4.90 Å². The minimum atomic E-state index is -0.713. The van der Waals surface area contributed by atoms with Gasteiger partial charge in [-0.15, -0.1) is 0 Å². The molecule has 0 aliphatic carbocycles. The number of ether oxygens (including phenoxy) is 3. The molecule has 1 aliphatic rings. The van der Waals surface area contributed by atoms with Crippen molar-refractivity contribution >= 4 is 23.7 Å². The van der Waals surface area contributed by atoms with Crippen molar-refractivity contribution in [2.24, 2.45) is 0 Å². The van der Waals surface area contributed by atoms with Gasteiger partial charge in [0, 0.05) is 0 Å². The van der Waals surface area contributed by atoms with Gasteiger partial charge in [-0.1, -0.05) is 11.6 Å². The summed E-state index contributed by atoms with van der Waals surface area (Å²) in [5.74, 6) is -0.0823. The summed E-state index contributed by atoms with van der Waals surface area (Å²) in [7, 11) is 1.29. The Morgan fingerprint density at radius 1 is 1.33 bits per heavy atom. The molecule has 1 saturated heterocycles. The smallest absolute Gasteiger partial charge is 0.411 e. The lowest BCUT2D eigenvalue weighted by Crippen LogP contribution is -2.49. The van der Waals surface area contributed by atoms with Crippen molar-refractivity contribution in [3.8, 4) is 11.8 Å². The predicted molar refractivity (Wildman–Crippen MR) is 98.6 cm³/mol. The third-order valence-electron chi connectivity index (χ3n) is 4.07. The maximum absolute atomic E-state index is 12.6. The van der Waals surface area contributed by atoms with Crippen molar-refractivity contribution in [2.45, 2.75) is 51.3 Å². The molecular weight excluding hydrogens is 372 g/mol. The Morgan fingerprint density at radius 3 is 2.59 bits per heavy atom. The minimum absolute atomic E-state index is 0.137. The molecule has 1 heterocycles. The Balaban J connectivity index is 2.15. The monoisotopic (exact) mass is 394 g/mol. The Morgan fingerprint density at radius 2 is 2.04 bits per heavy atom. The Kier molecular flexibility index (Phi) is 6.55. The zero-order valence-electron chi connectivity index (χ0n) is 15.8. The summed E-state index contributed by atoms with van der Waals surface area (Å²) in [4.78, 5) is 26.1. The second kappa shape index (κ2) is 8.49. The van der Waals surface area contributed by atoms with Crippen molar-refractivity contribution in [2.75, 3.05) is 13.7 Å². The molecule has 1 aliphatic heterocycles. The number of amides is 1.